The molecule has 1 aliphatic heterocycles. The van der Waals surface area contributed by atoms with Gasteiger partial charge in [-0.15, -0.1) is 0 Å². The van der Waals surface area contributed by atoms with Gasteiger partial charge in [-0.25, -0.2) is 0 Å². The Balaban J connectivity index is 2.34. The summed E-state index contributed by atoms with van der Waals surface area (Å²) in [5.74, 6) is 0. The predicted molar refractivity (Wildman–Crippen MR) is 46.6 cm³/mol. The van der Waals surface area contributed by atoms with Crippen LogP contribution >= 0.6 is 0 Å². The molecule has 2 nitrogen and oxygen atoms in total. The van der Waals surface area contributed by atoms with Crippen molar-refractivity contribution in [1.82, 2.24) is 4.90 Å². The summed E-state index contributed by atoms with van der Waals surface area (Å²) in [6.45, 7) is 6.43. The van der Waals surface area contributed by atoms with Gasteiger partial charge in [0, 0.05) is 19.1 Å². The van der Waals surface area contributed by atoms with Gasteiger partial charge in [0.2, 0.25) is 0 Å². The van der Waals surface area contributed by atoms with E-state index in [9.17, 15) is 5.11 Å². The van der Waals surface area contributed by atoms with E-state index in [1.807, 2.05) is 0 Å². The third-order valence-electron chi connectivity index (χ3n) is 2.65. The lowest BCUT2D eigenvalue weighted by Gasteiger charge is -2.24. The molecule has 0 aromatic heterocycles. The lowest BCUT2D eigenvalue weighted by atomic mass is 10.1. The second-order valence-corrected chi connectivity index (χ2v) is 3.41. The summed E-state index contributed by atoms with van der Waals surface area (Å²) in [5, 5.41) is 9.30. The van der Waals surface area contributed by atoms with Crippen LogP contribution < -0.4 is 0 Å². The molecule has 66 valence electrons. The van der Waals surface area contributed by atoms with E-state index in [2.05, 4.69) is 18.7 Å². The SMILES string of the molecule is CCC(CC)N1CCC(O)C1. The molecule has 0 saturated carbocycles. The summed E-state index contributed by atoms with van der Waals surface area (Å²) >= 11 is 0. The maximum absolute atomic E-state index is 9.30. The normalized spacial score (nSPS) is 26.7. The van der Waals surface area contributed by atoms with Crippen LogP contribution in [0, 0.1) is 0 Å². The van der Waals surface area contributed by atoms with Crippen molar-refractivity contribution < 1.29 is 5.11 Å². The summed E-state index contributed by atoms with van der Waals surface area (Å²) in [6, 6.07) is 0.701. The summed E-state index contributed by atoms with van der Waals surface area (Å²) in [6.07, 6.45) is 3.33. The molecule has 1 rings (SSSR count). The van der Waals surface area contributed by atoms with Crippen LogP contribution in [0.2, 0.25) is 0 Å². The zero-order valence-corrected chi connectivity index (χ0v) is 7.58. The molecule has 0 radical (unpaired) electrons. The minimum Gasteiger partial charge on any atom is -0.392 e. The van der Waals surface area contributed by atoms with E-state index in [0.717, 1.165) is 19.5 Å². The zero-order valence-electron chi connectivity index (χ0n) is 7.58. The molecule has 1 aliphatic rings. The van der Waals surface area contributed by atoms with Crippen LogP contribution in [0.4, 0.5) is 0 Å². The van der Waals surface area contributed by atoms with Crippen molar-refractivity contribution in [3.63, 3.8) is 0 Å². The molecule has 0 bridgehead atoms. The standard InChI is InChI=1S/C9H19NO/c1-3-8(4-2)10-6-5-9(11)7-10/h8-9,11H,3-7H2,1-2H3. The highest BCUT2D eigenvalue weighted by Gasteiger charge is 2.24. The van der Waals surface area contributed by atoms with Gasteiger partial charge in [0.05, 0.1) is 6.10 Å². The van der Waals surface area contributed by atoms with Crippen LogP contribution in [0.25, 0.3) is 0 Å². The Bertz CT molecular complexity index is 112. The second-order valence-electron chi connectivity index (χ2n) is 3.41. The van der Waals surface area contributed by atoms with Gasteiger partial charge < -0.3 is 5.11 Å². The fraction of sp³-hybridized carbons (Fsp3) is 1.00. The average Bonchev–Trinajstić information content (AvgIpc) is 2.39. The van der Waals surface area contributed by atoms with Crippen molar-refractivity contribution in [3.05, 3.63) is 0 Å². The minimum atomic E-state index is -0.0596. The first-order valence-corrected chi connectivity index (χ1v) is 4.70. The molecule has 1 atom stereocenters. The maximum Gasteiger partial charge on any atom is 0.0679 e. The van der Waals surface area contributed by atoms with Gasteiger partial charge in [-0.1, -0.05) is 13.8 Å². The van der Waals surface area contributed by atoms with E-state index in [0.29, 0.717) is 6.04 Å². The number of hydrogen-bond donors (Lipinski definition) is 1. The summed E-state index contributed by atoms with van der Waals surface area (Å²) in [4.78, 5) is 2.41. The van der Waals surface area contributed by atoms with E-state index in [4.69, 9.17) is 0 Å². The molecule has 1 saturated heterocycles. The van der Waals surface area contributed by atoms with Crippen molar-refractivity contribution in [3.8, 4) is 0 Å². The quantitative estimate of drug-likeness (QED) is 0.666. The molecule has 1 N–H and O–H groups in total. The third-order valence-corrected chi connectivity index (χ3v) is 2.65. The summed E-state index contributed by atoms with van der Waals surface area (Å²) in [5.41, 5.74) is 0. The molecule has 0 aromatic carbocycles. The lowest BCUT2D eigenvalue weighted by molar-refractivity contribution is 0.155. The molecule has 0 amide bonds. The highest BCUT2D eigenvalue weighted by Crippen LogP contribution is 2.16. The van der Waals surface area contributed by atoms with E-state index in [1.54, 1.807) is 0 Å². The van der Waals surface area contributed by atoms with Gasteiger partial charge in [-0.05, 0) is 19.3 Å². The average molecular weight is 157 g/mol. The molecular weight excluding hydrogens is 138 g/mol. The molecule has 1 fully saturated rings. The number of nitrogens with zero attached hydrogens (tertiary/aromatic N) is 1. The van der Waals surface area contributed by atoms with Gasteiger partial charge in [0.1, 0.15) is 0 Å². The molecule has 1 unspecified atom stereocenters. The van der Waals surface area contributed by atoms with E-state index in [1.165, 1.54) is 12.8 Å². The lowest BCUT2D eigenvalue weighted by Crippen LogP contribution is -2.32. The van der Waals surface area contributed by atoms with Crippen LogP contribution in [-0.4, -0.2) is 35.2 Å². The van der Waals surface area contributed by atoms with Crippen LogP contribution in [0.3, 0.4) is 0 Å². The van der Waals surface area contributed by atoms with Crippen molar-refractivity contribution >= 4 is 0 Å². The molecule has 1 heterocycles. The monoisotopic (exact) mass is 157 g/mol. The number of aliphatic hydroxyl groups is 1. The van der Waals surface area contributed by atoms with Gasteiger partial charge >= 0.3 is 0 Å². The first-order chi connectivity index (χ1) is 5.27. The Labute approximate surface area is 69.2 Å². The highest BCUT2D eigenvalue weighted by atomic mass is 16.3. The van der Waals surface area contributed by atoms with Gasteiger partial charge in [0.15, 0.2) is 0 Å². The van der Waals surface area contributed by atoms with Crippen molar-refractivity contribution in [2.24, 2.45) is 0 Å². The molecule has 2 heteroatoms. The second kappa shape index (κ2) is 4.07. The first-order valence-electron chi connectivity index (χ1n) is 4.70. The van der Waals surface area contributed by atoms with Crippen molar-refractivity contribution in [1.29, 1.82) is 0 Å². The van der Waals surface area contributed by atoms with Gasteiger partial charge in [0.25, 0.3) is 0 Å². The fourth-order valence-corrected chi connectivity index (χ4v) is 1.90. The third kappa shape index (κ3) is 2.17. The number of rotatable bonds is 3. The summed E-state index contributed by atoms with van der Waals surface area (Å²) < 4.78 is 0. The number of aliphatic hydroxyl groups excluding tert-OH is 1. The number of β-amino-alcohol motifs (C(OH)–C–C–N with tert-alkyl or cyclic N) is 1. The predicted octanol–water partition coefficient (Wildman–Crippen LogP) is 1.24. The highest BCUT2D eigenvalue weighted by molar-refractivity contribution is 4.79. The molecule has 11 heavy (non-hydrogen) atoms. The fourth-order valence-electron chi connectivity index (χ4n) is 1.90. The Morgan fingerprint density at radius 2 is 2.09 bits per heavy atom. The van der Waals surface area contributed by atoms with Crippen LogP contribution in [-0.2, 0) is 0 Å². The van der Waals surface area contributed by atoms with Crippen LogP contribution in [0.15, 0.2) is 0 Å². The summed E-state index contributed by atoms with van der Waals surface area (Å²) in [7, 11) is 0. The van der Waals surface area contributed by atoms with E-state index >= 15 is 0 Å². The number of hydrogen-bond acceptors (Lipinski definition) is 2. The first kappa shape index (κ1) is 9.01. The molecule has 0 aromatic rings. The maximum atomic E-state index is 9.30. The van der Waals surface area contributed by atoms with Crippen LogP contribution in [0.5, 0.6) is 0 Å². The molecule has 0 aliphatic carbocycles. The Morgan fingerprint density at radius 1 is 1.45 bits per heavy atom. The zero-order chi connectivity index (χ0) is 8.27. The van der Waals surface area contributed by atoms with Crippen LogP contribution in [0.1, 0.15) is 33.1 Å². The minimum absolute atomic E-state index is 0.0596. The number of likely N-dealkylation sites (tertiary alicyclic amines) is 1. The Hall–Kier alpha value is -0.0800. The topological polar surface area (TPSA) is 23.5 Å². The van der Waals surface area contributed by atoms with Gasteiger partial charge in [-0.3, -0.25) is 4.90 Å². The Kier molecular flexibility index (Phi) is 3.34. The van der Waals surface area contributed by atoms with E-state index in [-0.39, 0.29) is 6.10 Å². The van der Waals surface area contributed by atoms with Crippen molar-refractivity contribution in [2.45, 2.75) is 45.3 Å². The van der Waals surface area contributed by atoms with E-state index < -0.39 is 0 Å². The van der Waals surface area contributed by atoms with Gasteiger partial charge in [-0.2, -0.15) is 0 Å². The van der Waals surface area contributed by atoms with Crippen molar-refractivity contribution in [2.75, 3.05) is 13.1 Å². The Morgan fingerprint density at radius 3 is 2.45 bits per heavy atom. The largest absolute Gasteiger partial charge is 0.392 e. The molecule has 0 spiro atoms. The smallest absolute Gasteiger partial charge is 0.0679 e. The molecular formula is C9H19NO.